The van der Waals surface area contributed by atoms with Gasteiger partial charge < -0.3 is 31.0 Å². The predicted molar refractivity (Wildman–Crippen MR) is 155 cm³/mol. The Morgan fingerprint density at radius 3 is 2.79 bits per heavy atom. The minimum Gasteiger partial charge on any atom is -0.388 e. The van der Waals surface area contributed by atoms with E-state index in [1.807, 2.05) is 0 Å². The summed E-state index contributed by atoms with van der Waals surface area (Å²) >= 11 is 0. The molecule has 12 heteroatoms. The van der Waals surface area contributed by atoms with Crippen LogP contribution in [0.1, 0.15) is 70.0 Å². The largest absolute Gasteiger partial charge is 0.388 e. The first kappa shape index (κ1) is 27.2. The van der Waals surface area contributed by atoms with E-state index in [2.05, 4.69) is 63.4 Å². The van der Waals surface area contributed by atoms with E-state index in [4.69, 9.17) is 15.5 Å². The number of nitrogen functional groups attached to an aromatic ring is 1. The molecular formula is C30H37N9O3. The number of nitrogens with two attached hydrogens (primary N) is 1. The van der Waals surface area contributed by atoms with Crippen LogP contribution in [-0.4, -0.2) is 69.6 Å². The molecule has 3 aromatic heterocycles. The second-order valence-electron chi connectivity index (χ2n) is 13.0. The van der Waals surface area contributed by atoms with E-state index in [-0.39, 0.29) is 16.8 Å². The molecule has 4 atom stereocenters. The molecule has 4 heterocycles. The Hall–Kier alpha value is -3.63. The number of aliphatic hydroxyl groups excluding tert-OH is 2. The zero-order valence-electron chi connectivity index (χ0n) is 23.9. The van der Waals surface area contributed by atoms with Gasteiger partial charge in [0.05, 0.1) is 34.9 Å². The van der Waals surface area contributed by atoms with Crippen LogP contribution in [0.5, 0.6) is 0 Å². The van der Waals surface area contributed by atoms with Gasteiger partial charge in [0.15, 0.2) is 17.7 Å². The molecule has 2 saturated carbocycles. The first-order valence-electron chi connectivity index (χ1n) is 14.8. The molecule has 1 saturated heterocycles. The highest BCUT2D eigenvalue weighted by Crippen LogP contribution is 2.48. The standard InChI is InChI=1S/C30H37N9O3/c1-29(2,12-21-24(40)25(41)28(42-21)39-15-35-23-26(32)33-14-34-27(23)39)38-18-9-16(10-18)3-6-22-36-19-5-4-17(11-20(19)37-22)30(13-31)7-8-30/h4-5,11,14-16,18,21,24-25,28,38,40-41H,3,6-10,12H2,1-2H3,(H,36,37)(H2,32,33,34)/t16-,18-,21-,24-,25-,28-/m1/s1. The number of aromatic amines is 1. The number of ether oxygens (including phenoxy) is 1. The normalized spacial score (nSPS) is 28.6. The van der Waals surface area contributed by atoms with Crippen molar-refractivity contribution in [2.75, 3.05) is 5.73 Å². The van der Waals surface area contributed by atoms with Gasteiger partial charge in [0, 0.05) is 18.0 Å². The third kappa shape index (κ3) is 4.80. The van der Waals surface area contributed by atoms with Crippen LogP contribution < -0.4 is 11.1 Å². The Morgan fingerprint density at radius 1 is 1.21 bits per heavy atom. The summed E-state index contributed by atoms with van der Waals surface area (Å²) in [4.78, 5) is 20.7. The van der Waals surface area contributed by atoms with Gasteiger partial charge in [0.25, 0.3) is 0 Å². The van der Waals surface area contributed by atoms with Crippen LogP contribution >= 0.6 is 0 Å². The van der Waals surface area contributed by atoms with Crippen molar-refractivity contribution >= 4 is 28.0 Å². The van der Waals surface area contributed by atoms with E-state index >= 15 is 0 Å². The molecular weight excluding hydrogens is 534 g/mol. The number of imidazole rings is 2. The molecule has 0 radical (unpaired) electrons. The van der Waals surface area contributed by atoms with Gasteiger partial charge in [0.1, 0.15) is 29.9 Å². The number of rotatable bonds is 9. The lowest BCUT2D eigenvalue weighted by atomic mass is 9.76. The first-order valence-corrected chi connectivity index (χ1v) is 14.8. The smallest absolute Gasteiger partial charge is 0.167 e. The number of anilines is 1. The number of nitrogens with one attached hydrogen (secondary N) is 2. The van der Waals surface area contributed by atoms with Crippen LogP contribution in [0.15, 0.2) is 30.9 Å². The minimum atomic E-state index is -1.13. The maximum absolute atomic E-state index is 10.8. The van der Waals surface area contributed by atoms with Crippen LogP contribution in [-0.2, 0) is 16.6 Å². The van der Waals surface area contributed by atoms with Crippen molar-refractivity contribution < 1.29 is 14.9 Å². The number of aryl methyl sites for hydroxylation is 1. The van der Waals surface area contributed by atoms with Gasteiger partial charge >= 0.3 is 0 Å². The topological polar surface area (TPSA) is 184 Å². The molecule has 4 aromatic rings. The summed E-state index contributed by atoms with van der Waals surface area (Å²) in [7, 11) is 0. The van der Waals surface area contributed by atoms with Crippen LogP contribution in [0, 0.1) is 17.2 Å². The van der Waals surface area contributed by atoms with E-state index in [0.29, 0.717) is 29.5 Å². The first-order chi connectivity index (χ1) is 20.1. The SMILES string of the molecule is CC(C)(C[C@H]1O[C@@H](n2cnc3c(N)ncnc32)[C@H](O)[C@@H]1O)N[C@H]1C[C@H](CCc2nc3cc(C4(C#N)CC4)ccc3[nH]2)C1. The average Bonchev–Trinajstić information content (AvgIpc) is 3.32. The van der Waals surface area contributed by atoms with Gasteiger partial charge in [-0.3, -0.25) is 4.57 Å². The highest BCUT2D eigenvalue weighted by atomic mass is 16.6. The minimum absolute atomic E-state index is 0.252. The molecule has 6 N–H and O–H groups in total. The average molecular weight is 572 g/mol. The van der Waals surface area contributed by atoms with Gasteiger partial charge in [-0.1, -0.05) is 6.07 Å². The Morgan fingerprint density at radius 2 is 2.02 bits per heavy atom. The van der Waals surface area contributed by atoms with Gasteiger partial charge in [-0.2, -0.15) is 5.26 Å². The zero-order valence-corrected chi connectivity index (χ0v) is 23.9. The van der Waals surface area contributed by atoms with Crippen LogP contribution in [0.3, 0.4) is 0 Å². The predicted octanol–water partition coefficient (Wildman–Crippen LogP) is 2.63. The van der Waals surface area contributed by atoms with Gasteiger partial charge in [-0.25, -0.2) is 19.9 Å². The van der Waals surface area contributed by atoms with Gasteiger partial charge in [-0.05, 0) is 76.0 Å². The summed E-state index contributed by atoms with van der Waals surface area (Å²) in [5, 5.41) is 34.9. The summed E-state index contributed by atoms with van der Waals surface area (Å²) in [5.41, 5.74) is 9.25. The van der Waals surface area contributed by atoms with Crippen molar-refractivity contribution in [3.8, 4) is 6.07 Å². The molecule has 42 heavy (non-hydrogen) atoms. The maximum Gasteiger partial charge on any atom is 0.167 e. The second kappa shape index (κ2) is 9.98. The molecule has 7 rings (SSSR count). The molecule has 220 valence electrons. The van der Waals surface area contributed by atoms with E-state index in [1.54, 1.807) is 4.57 Å². The summed E-state index contributed by atoms with van der Waals surface area (Å²) in [6.45, 7) is 4.22. The Balaban J connectivity index is 0.909. The number of hydrogen-bond donors (Lipinski definition) is 5. The lowest BCUT2D eigenvalue weighted by molar-refractivity contribution is -0.0447. The zero-order chi connectivity index (χ0) is 29.2. The van der Waals surface area contributed by atoms with Crippen molar-refractivity contribution in [2.45, 2.75) is 100 Å². The number of aromatic nitrogens is 6. The lowest BCUT2D eigenvalue weighted by Crippen LogP contribution is -2.53. The highest BCUT2D eigenvalue weighted by molar-refractivity contribution is 5.81. The van der Waals surface area contributed by atoms with Crippen molar-refractivity contribution in [1.29, 1.82) is 5.26 Å². The van der Waals surface area contributed by atoms with E-state index in [9.17, 15) is 15.5 Å². The van der Waals surface area contributed by atoms with E-state index in [0.717, 1.165) is 60.9 Å². The number of nitrogens with zero attached hydrogens (tertiary/aromatic N) is 6. The summed E-state index contributed by atoms with van der Waals surface area (Å²) in [6, 6.07) is 9.05. The maximum atomic E-state index is 10.8. The second-order valence-corrected chi connectivity index (χ2v) is 13.0. The molecule has 0 amide bonds. The quantitative estimate of drug-likeness (QED) is 0.200. The Kier molecular flexibility index (Phi) is 6.47. The molecule has 3 fully saturated rings. The van der Waals surface area contributed by atoms with E-state index in [1.165, 1.54) is 12.7 Å². The molecule has 2 aliphatic carbocycles. The molecule has 0 spiro atoms. The monoisotopic (exact) mass is 571 g/mol. The summed E-state index contributed by atoms with van der Waals surface area (Å²) < 4.78 is 7.78. The summed E-state index contributed by atoms with van der Waals surface area (Å²) in [6.07, 6.45) is 5.84. The van der Waals surface area contributed by atoms with Crippen LogP contribution in [0.2, 0.25) is 0 Å². The van der Waals surface area contributed by atoms with Crippen LogP contribution in [0.25, 0.3) is 22.2 Å². The molecule has 0 unspecified atom stereocenters. The fourth-order valence-electron chi connectivity index (χ4n) is 6.79. The Bertz CT molecular complexity index is 1660. The highest BCUT2D eigenvalue weighted by Gasteiger charge is 2.47. The number of fused-ring (bicyclic) bond motifs is 2. The number of benzene rings is 1. The number of nitriles is 1. The number of hydrogen-bond acceptors (Lipinski definition) is 10. The van der Waals surface area contributed by atoms with Crippen LogP contribution in [0.4, 0.5) is 5.82 Å². The van der Waals surface area contributed by atoms with Gasteiger partial charge in [-0.15, -0.1) is 0 Å². The third-order valence-electron chi connectivity index (χ3n) is 9.38. The molecule has 12 nitrogen and oxygen atoms in total. The fraction of sp³-hybridized carbons (Fsp3) is 0.567. The molecule has 1 aliphatic heterocycles. The summed E-state index contributed by atoms with van der Waals surface area (Å²) in [5.74, 6) is 1.88. The molecule has 3 aliphatic rings. The van der Waals surface area contributed by atoms with Crippen molar-refractivity contribution in [1.82, 2.24) is 34.8 Å². The van der Waals surface area contributed by atoms with Crippen molar-refractivity contribution in [3.63, 3.8) is 0 Å². The molecule has 0 bridgehead atoms. The lowest BCUT2D eigenvalue weighted by Gasteiger charge is -2.42. The van der Waals surface area contributed by atoms with Crippen molar-refractivity contribution in [3.05, 3.63) is 42.2 Å². The fourth-order valence-corrected chi connectivity index (χ4v) is 6.79. The molecule has 1 aromatic carbocycles. The third-order valence-corrected chi connectivity index (χ3v) is 9.38. The Labute approximate surface area is 243 Å². The number of H-pyrrole nitrogens is 1. The van der Waals surface area contributed by atoms with E-state index < -0.39 is 24.5 Å². The van der Waals surface area contributed by atoms with Gasteiger partial charge in [0.2, 0.25) is 0 Å². The number of aliphatic hydroxyl groups is 2. The van der Waals surface area contributed by atoms with Crippen molar-refractivity contribution in [2.24, 2.45) is 5.92 Å².